The summed E-state index contributed by atoms with van der Waals surface area (Å²) < 4.78 is 5.34. The van der Waals surface area contributed by atoms with Crippen molar-refractivity contribution in [3.63, 3.8) is 0 Å². The van der Waals surface area contributed by atoms with Crippen molar-refractivity contribution in [3.8, 4) is 0 Å². The van der Waals surface area contributed by atoms with Gasteiger partial charge in [0, 0.05) is 31.2 Å². The lowest BCUT2D eigenvalue weighted by atomic mass is 10.2. The van der Waals surface area contributed by atoms with Crippen molar-refractivity contribution in [2.75, 3.05) is 37.8 Å². The number of β-amino-alcohol motifs (C(OH)–C–C–N with tert-alkyl or cyclic N) is 1. The van der Waals surface area contributed by atoms with Crippen LogP contribution in [0.4, 0.5) is 0 Å². The zero-order valence-corrected chi connectivity index (χ0v) is 11.7. The Morgan fingerprint density at radius 3 is 3.06 bits per heavy atom. The molecule has 106 valence electrons. The lowest BCUT2D eigenvalue weighted by Crippen LogP contribution is -2.50. The third kappa shape index (κ3) is 5.56. The number of nitrogens with zero attached hydrogens (tertiary/aromatic N) is 1. The molecule has 0 aromatic rings. The van der Waals surface area contributed by atoms with Crippen molar-refractivity contribution in [2.45, 2.75) is 31.9 Å². The van der Waals surface area contributed by atoms with Crippen LogP contribution in [0.25, 0.3) is 0 Å². The number of aliphatic hydroxyl groups excluding tert-OH is 1. The number of hydrogen-bond acceptors (Lipinski definition) is 5. The molecule has 0 aliphatic carbocycles. The zero-order valence-electron chi connectivity index (χ0n) is 10.9. The zero-order chi connectivity index (χ0) is 13.4. The molecule has 1 aliphatic heterocycles. The topological polar surface area (TPSA) is 70.0 Å². The highest BCUT2D eigenvalue weighted by Gasteiger charge is 2.29. The fraction of sp³-hybridized carbons (Fsp3) is 0.917. The summed E-state index contributed by atoms with van der Waals surface area (Å²) >= 11 is 1.65. The Morgan fingerprint density at radius 2 is 2.39 bits per heavy atom. The number of ether oxygens (including phenoxy) is 1. The Labute approximate surface area is 112 Å². The Kier molecular flexibility index (Phi) is 7.65. The second-order valence-corrected chi connectivity index (χ2v) is 5.66. The van der Waals surface area contributed by atoms with Crippen LogP contribution < -0.4 is 0 Å². The first-order chi connectivity index (χ1) is 8.65. The fourth-order valence-corrected chi connectivity index (χ4v) is 2.98. The molecule has 1 saturated heterocycles. The van der Waals surface area contributed by atoms with Crippen LogP contribution in [0.3, 0.4) is 0 Å². The van der Waals surface area contributed by atoms with Crippen molar-refractivity contribution in [1.29, 1.82) is 0 Å². The van der Waals surface area contributed by atoms with Gasteiger partial charge in [-0.1, -0.05) is 13.3 Å². The molecule has 1 aliphatic rings. The summed E-state index contributed by atoms with van der Waals surface area (Å²) in [5.74, 6) is 0.715. The number of hydrogen-bond donors (Lipinski definition) is 2. The average Bonchev–Trinajstić information content (AvgIpc) is 2.35. The van der Waals surface area contributed by atoms with Crippen molar-refractivity contribution < 1.29 is 19.7 Å². The van der Waals surface area contributed by atoms with Gasteiger partial charge in [-0.3, -0.25) is 9.69 Å². The van der Waals surface area contributed by atoms with Crippen molar-refractivity contribution in [2.24, 2.45) is 0 Å². The van der Waals surface area contributed by atoms with Gasteiger partial charge < -0.3 is 14.9 Å². The maximum atomic E-state index is 11.1. The molecule has 1 rings (SSSR count). The van der Waals surface area contributed by atoms with E-state index < -0.39 is 18.1 Å². The summed E-state index contributed by atoms with van der Waals surface area (Å²) in [7, 11) is 0. The van der Waals surface area contributed by atoms with E-state index in [0.29, 0.717) is 25.4 Å². The van der Waals surface area contributed by atoms with Gasteiger partial charge in [-0.25, -0.2) is 0 Å². The molecule has 0 bridgehead atoms. The van der Waals surface area contributed by atoms with Gasteiger partial charge in [0.1, 0.15) is 6.04 Å². The highest BCUT2D eigenvalue weighted by molar-refractivity contribution is 7.99. The van der Waals surface area contributed by atoms with Crippen molar-refractivity contribution in [1.82, 2.24) is 4.90 Å². The summed E-state index contributed by atoms with van der Waals surface area (Å²) in [5.41, 5.74) is 0. The van der Waals surface area contributed by atoms with E-state index in [1.165, 1.54) is 0 Å². The summed E-state index contributed by atoms with van der Waals surface area (Å²) in [6.07, 6.45) is 1.46. The van der Waals surface area contributed by atoms with Crippen LogP contribution in [0.2, 0.25) is 0 Å². The number of aliphatic carboxylic acids is 1. The van der Waals surface area contributed by atoms with E-state index in [-0.39, 0.29) is 6.61 Å². The second-order valence-electron chi connectivity index (χ2n) is 4.51. The molecule has 2 atom stereocenters. The molecule has 18 heavy (non-hydrogen) atoms. The fourth-order valence-electron chi connectivity index (χ4n) is 1.87. The van der Waals surface area contributed by atoms with Crippen LogP contribution in [-0.2, 0) is 9.53 Å². The Bertz CT molecular complexity index is 252. The van der Waals surface area contributed by atoms with Crippen LogP contribution >= 0.6 is 11.8 Å². The summed E-state index contributed by atoms with van der Waals surface area (Å²) in [4.78, 5) is 12.9. The van der Waals surface area contributed by atoms with Gasteiger partial charge in [-0.2, -0.15) is 11.8 Å². The SMILES string of the molecule is CCCCOCC(O)CN1CCSCC1C(=O)O. The monoisotopic (exact) mass is 277 g/mol. The van der Waals surface area contributed by atoms with Gasteiger partial charge in [-0.05, 0) is 6.42 Å². The van der Waals surface area contributed by atoms with E-state index in [4.69, 9.17) is 9.84 Å². The first kappa shape index (κ1) is 15.8. The third-order valence-corrected chi connectivity index (χ3v) is 3.94. The second kappa shape index (κ2) is 8.74. The standard InChI is InChI=1S/C12H23NO4S/c1-2-3-5-17-8-10(14)7-13-4-6-18-9-11(13)12(15)16/h10-11,14H,2-9H2,1H3,(H,15,16). The maximum Gasteiger partial charge on any atom is 0.321 e. The average molecular weight is 277 g/mol. The van der Waals surface area contributed by atoms with E-state index in [1.54, 1.807) is 11.8 Å². The molecule has 0 aromatic heterocycles. The van der Waals surface area contributed by atoms with E-state index >= 15 is 0 Å². The predicted molar refractivity (Wildman–Crippen MR) is 72.1 cm³/mol. The molecule has 0 amide bonds. The van der Waals surface area contributed by atoms with Gasteiger partial charge in [0.05, 0.1) is 12.7 Å². The number of unbranched alkanes of at least 4 members (excludes halogenated alkanes) is 1. The molecule has 0 aromatic carbocycles. The summed E-state index contributed by atoms with van der Waals surface area (Å²) in [6, 6.07) is -0.478. The predicted octanol–water partition coefficient (Wildman–Crippen LogP) is 0.666. The number of carboxylic acids is 1. The molecule has 2 N–H and O–H groups in total. The summed E-state index contributed by atoms with van der Waals surface area (Å²) in [5, 5.41) is 18.9. The minimum Gasteiger partial charge on any atom is -0.480 e. The Morgan fingerprint density at radius 1 is 1.61 bits per heavy atom. The smallest absolute Gasteiger partial charge is 0.321 e. The number of carboxylic acid groups (broad SMARTS) is 1. The molecule has 2 unspecified atom stereocenters. The molecule has 1 fully saturated rings. The maximum absolute atomic E-state index is 11.1. The highest BCUT2D eigenvalue weighted by Crippen LogP contribution is 2.16. The Balaban J connectivity index is 2.27. The normalized spacial score (nSPS) is 22.9. The van der Waals surface area contributed by atoms with Crippen molar-refractivity contribution >= 4 is 17.7 Å². The third-order valence-electron chi connectivity index (χ3n) is 2.92. The molecular formula is C12H23NO4S. The van der Waals surface area contributed by atoms with Crippen LogP contribution in [-0.4, -0.2) is 71.0 Å². The lowest BCUT2D eigenvalue weighted by Gasteiger charge is -2.33. The van der Waals surface area contributed by atoms with Gasteiger partial charge in [0.25, 0.3) is 0 Å². The van der Waals surface area contributed by atoms with E-state index in [2.05, 4.69) is 6.92 Å². The van der Waals surface area contributed by atoms with Crippen LogP contribution in [0, 0.1) is 0 Å². The van der Waals surface area contributed by atoms with Gasteiger partial charge in [0.15, 0.2) is 0 Å². The molecule has 1 heterocycles. The van der Waals surface area contributed by atoms with Crippen molar-refractivity contribution in [3.05, 3.63) is 0 Å². The van der Waals surface area contributed by atoms with Crippen LogP contribution in [0.5, 0.6) is 0 Å². The molecule has 0 radical (unpaired) electrons. The minimum absolute atomic E-state index is 0.288. The lowest BCUT2D eigenvalue weighted by molar-refractivity contribution is -0.143. The molecule has 0 saturated carbocycles. The number of carbonyl (C=O) groups is 1. The quantitative estimate of drug-likeness (QED) is 0.635. The number of aliphatic hydroxyl groups is 1. The summed E-state index contributed by atoms with van der Waals surface area (Å²) in [6.45, 7) is 4.13. The first-order valence-electron chi connectivity index (χ1n) is 6.45. The molecule has 6 heteroatoms. The van der Waals surface area contributed by atoms with Crippen LogP contribution in [0.15, 0.2) is 0 Å². The Hall–Kier alpha value is -0.300. The van der Waals surface area contributed by atoms with Gasteiger partial charge >= 0.3 is 5.97 Å². The van der Waals surface area contributed by atoms with E-state index in [0.717, 1.165) is 18.6 Å². The highest BCUT2D eigenvalue weighted by atomic mass is 32.2. The van der Waals surface area contributed by atoms with E-state index in [9.17, 15) is 9.90 Å². The van der Waals surface area contributed by atoms with E-state index in [1.807, 2.05) is 4.90 Å². The van der Waals surface area contributed by atoms with Crippen LogP contribution in [0.1, 0.15) is 19.8 Å². The molecule has 0 spiro atoms. The molecule has 5 nitrogen and oxygen atoms in total. The van der Waals surface area contributed by atoms with Gasteiger partial charge in [-0.15, -0.1) is 0 Å². The largest absolute Gasteiger partial charge is 0.480 e. The first-order valence-corrected chi connectivity index (χ1v) is 7.61. The van der Waals surface area contributed by atoms with Gasteiger partial charge in [0.2, 0.25) is 0 Å². The number of thioether (sulfide) groups is 1. The number of rotatable bonds is 8. The molecular weight excluding hydrogens is 254 g/mol. The minimum atomic E-state index is -0.804.